The van der Waals surface area contributed by atoms with E-state index in [1.54, 1.807) is 18.3 Å². The molecule has 2 aromatic rings. The Bertz CT molecular complexity index is 633. The molecule has 0 unspecified atom stereocenters. The molecule has 0 aliphatic rings. The summed E-state index contributed by atoms with van der Waals surface area (Å²) in [5.41, 5.74) is 0.338. The molecule has 0 saturated heterocycles. The Morgan fingerprint density at radius 2 is 2.07 bits per heavy atom. The average molecular weight is 265 g/mol. The number of halogens is 2. The second-order valence-electron chi connectivity index (χ2n) is 3.03. The Labute approximate surface area is 96.4 Å². The van der Waals surface area contributed by atoms with Crippen molar-refractivity contribution in [3.63, 3.8) is 0 Å². The first-order valence-corrected chi connectivity index (χ1v) is 6.58. The zero-order chi connectivity index (χ0) is 11.2. The molecule has 0 amide bonds. The van der Waals surface area contributed by atoms with E-state index in [1.807, 2.05) is 0 Å². The molecule has 4 nitrogen and oxygen atoms in total. The lowest BCUT2D eigenvalue weighted by atomic mass is 10.5. The Morgan fingerprint density at radius 1 is 1.40 bits per heavy atom. The van der Waals surface area contributed by atoms with Crippen LogP contribution in [0.1, 0.15) is 0 Å². The van der Waals surface area contributed by atoms with Crippen molar-refractivity contribution < 1.29 is 8.42 Å². The zero-order valence-electron chi connectivity index (χ0n) is 7.61. The van der Waals surface area contributed by atoms with E-state index in [1.165, 1.54) is 4.40 Å². The molecule has 0 N–H and O–H groups in total. The van der Waals surface area contributed by atoms with Gasteiger partial charge in [-0.2, -0.15) is 0 Å². The van der Waals surface area contributed by atoms with Gasteiger partial charge in [-0.25, -0.2) is 13.4 Å². The van der Waals surface area contributed by atoms with Crippen LogP contribution in [0.4, 0.5) is 0 Å². The topological polar surface area (TPSA) is 51.4 Å². The third-order valence-corrected chi connectivity index (χ3v) is 3.63. The van der Waals surface area contributed by atoms with Crippen LogP contribution < -0.4 is 0 Å². The Kier molecular flexibility index (Phi) is 2.41. The Hall–Kier alpha value is -0.780. The molecule has 15 heavy (non-hydrogen) atoms. The van der Waals surface area contributed by atoms with Crippen molar-refractivity contribution in [1.82, 2.24) is 9.38 Å². The normalized spacial score (nSPS) is 12.2. The third-order valence-electron chi connectivity index (χ3n) is 1.87. The van der Waals surface area contributed by atoms with Crippen molar-refractivity contribution in [2.24, 2.45) is 0 Å². The SMILES string of the molecule is CS(=O)(=O)c1c(Cl)nc2c(Cl)cccn12. The quantitative estimate of drug-likeness (QED) is 0.792. The summed E-state index contributed by atoms with van der Waals surface area (Å²) in [6.45, 7) is 0. The molecule has 0 aromatic carbocycles. The van der Waals surface area contributed by atoms with Crippen molar-refractivity contribution in [2.45, 2.75) is 5.03 Å². The number of aromatic nitrogens is 2. The first kappa shape index (κ1) is 10.7. The summed E-state index contributed by atoms with van der Waals surface area (Å²) >= 11 is 11.6. The van der Waals surface area contributed by atoms with Gasteiger partial charge in [-0.05, 0) is 12.1 Å². The third kappa shape index (κ3) is 1.71. The van der Waals surface area contributed by atoms with Crippen LogP contribution in [0, 0.1) is 0 Å². The number of fused-ring (bicyclic) bond motifs is 1. The molecular formula is C8H6Cl2N2O2S. The standard InChI is InChI=1S/C8H6Cl2N2O2S/c1-15(13,14)8-6(10)11-7-5(9)3-2-4-12(7)8/h2-4H,1H3. The second-order valence-corrected chi connectivity index (χ2v) is 5.73. The van der Waals surface area contributed by atoms with Gasteiger partial charge in [0.05, 0.1) is 5.02 Å². The van der Waals surface area contributed by atoms with E-state index in [-0.39, 0.29) is 10.2 Å². The van der Waals surface area contributed by atoms with Crippen LogP contribution in [-0.4, -0.2) is 24.1 Å². The molecule has 0 saturated carbocycles. The average Bonchev–Trinajstić information content (AvgIpc) is 2.41. The van der Waals surface area contributed by atoms with E-state index in [9.17, 15) is 8.42 Å². The van der Waals surface area contributed by atoms with Crippen molar-refractivity contribution in [2.75, 3.05) is 6.26 Å². The van der Waals surface area contributed by atoms with Crippen LogP contribution >= 0.6 is 23.2 Å². The first-order chi connectivity index (χ1) is 6.91. The molecule has 2 rings (SSSR count). The maximum atomic E-state index is 11.5. The number of pyridine rings is 1. The van der Waals surface area contributed by atoms with Crippen LogP contribution in [0.15, 0.2) is 23.4 Å². The molecule has 80 valence electrons. The number of rotatable bonds is 1. The minimum atomic E-state index is -3.42. The highest BCUT2D eigenvalue weighted by Gasteiger charge is 2.20. The molecule has 0 aliphatic heterocycles. The predicted molar refractivity (Wildman–Crippen MR) is 58.3 cm³/mol. The van der Waals surface area contributed by atoms with Crippen molar-refractivity contribution in [1.29, 1.82) is 0 Å². The van der Waals surface area contributed by atoms with E-state index < -0.39 is 9.84 Å². The smallest absolute Gasteiger partial charge is 0.194 e. The minimum Gasteiger partial charge on any atom is -0.288 e. The summed E-state index contributed by atoms with van der Waals surface area (Å²) in [5, 5.41) is 0.251. The van der Waals surface area contributed by atoms with Crippen LogP contribution in [-0.2, 0) is 9.84 Å². The van der Waals surface area contributed by atoms with Gasteiger partial charge < -0.3 is 0 Å². The van der Waals surface area contributed by atoms with Crippen molar-refractivity contribution in [3.05, 3.63) is 28.5 Å². The highest BCUT2D eigenvalue weighted by Crippen LogP contribution is 2.26. The summed E-state index contributed by atoms with van der Waals surface area (Å²) < 4.78 is 24.3. The van der Waals surface area contributed by atoms with Gasteiger partial charge in [-0.3, -0.25) is 4.40 Å². The van der Waals surface area contributed by atoms with Crippen molar-refractivity contribution >= 4 is 38.7 Å². The fourth-order valence-corrected chi connectivity index (χ4v) is 2.97. The molecule has 2 heterocycles. The number of hydrogen-bond donors (Lipinski definition) is 0. The molecular weight excluding hydrogens is 259 g/mol. The van der Waals surface area contributed by atoms with Crippen LogP contribution in [0.3, 0.4) is 0 Å². The number of hydrogen-bond acceptors (Lipinski definition) is 3. The fourth-order valence-electron chi connectivity index (χ4n) is 1.32. The van der Waals surface area contributed by atoms with E-state index in [0.29, 0.717) is 10.7 Å². The van der Waals surface area contributed by atoms with Gasteiger partial charge in [0.1, 0.15) is 0 Å². The molecule has 0 bridgehead atoms. The van der Waals surface area contributed by atoms with E-state index >= 15 is 0 Å². The predicted octanol–water partition coefficient (Wildman–Crippen LogP) is 2.04. The lowest BCUT2D eigenvalue weighted by molar-refractivity contribution is 0.597. The summed E-state index contributed by atoms with van der Waals surface area (Å²) in [6, 6.07) is 3.24. The van der Waals surface area contributed by atoms with E-state index in [4.69, 9.17) is 23.2 Å². The van der Waals surface area contributed by atoms with Gasteiger partial charge in [0.25, 0.3) is 0 Å². The molecule has 0 fully saturated rings. The van der Waals surface area contributed by atoms with Gasteiger partial charge in [0.2, 0.25) is 0 Å². The largest absolute Gasteiger partial charge is 0.288 e. The molecule has 2 aromatic heterocycles. The van der Waals surface area contributed by atoms with Crippen LogP contribution in [0.5, 0.6) is 0 Å². The Balaban J connectivity index is 2.99. The van der Waals surface area contributed by atoms with Gasteiger partial charge >= 0.3 is 0 Å². The van der Waals surface area contributed by atoms with E-state index in [0.717, 1.165) is 6.26 Å². The van der Waals surface area contributed by atoms with E-state index in [2.05, 4.69) is 4.98 Å². The highest BCUT2D eigenvalue weighted by atomic mass is 35.5. The summed E-state index contributed by atoms with van der Waals surface area (Å²) in [4.78, 5) is 3.90. The monoisotopic (exact) mass is 264 g/mol. The maximum Gasteiger partial charge on any atom is 0.194 e. The van der Waals surface area contributed by atoms with Crippen LogP contribution in [0.2, 0.25) is 10.2 Å². The molecule has 7 heteroatoms. The maximum absolute atomic E-state index is 11.5. The van der Waals surface area contributed by atoms with Gasteiger partial charge in [0, 0.05) is 12.5 Å². The van der Waals surface area contributed by atoms with Gasteiger partial charge in [0.15, 0.2) is 25.7 Å². The van der Waals surface area contributed by atoms with Crippen molar-refractivity contribution in [3.8, 4) is 0 Å². The molecule has 0 aliphatic carbocycles. The fraction of sp³-hybridized carbons (Fsp3) is 0.125. The number of nitrogens with zero attached hydrogens (tertiary/aromatic N) is 2. The second kappa shape index (κ2) is 3.37. The first-order valence-electron chi connectivity index (χ1n) is 3.93. The number of sulfone groups is 1. The Morgan fingerprint density at radius 3 is 2.67 bits per heavy atom. The molecule has 0 spiro atoms. The minimum absolute atomic E-state index is 0.0401. The number of imidazole rings is 1. The summed E-state index contributed by atoms with van der Waals surface area (Å²) in [6.07, 6.45) is 2.62. The zero-order valence-corrected chi connectivity index (χ0v) is 9.94. The summed E-state index contributed by atoms with van der Waals surface area (Å²) in [7, 11) is -3.42. The highest BCUT2D eigenvalue weighted by molar-refractivity contribution is 7.90. The molecule has 0 radical (unpaired) electrons. The summed E-state index contributed by atoms with van der Waals surface area (Å²) in [5.74, 6) is 0. The van der Waals surface area contributed by atoms with Gasteiger partial charge in [-0.1, -0.05) is 23.2 Å². The molecule has 0 atom stereocenters. The lowest BCUT2D eigenvalue weighted by Crippen LogP contribution is -2.02. The van der Waals surface area contributed by atoms with Gasteiger partial charge in [-0.15, -0.1) is 0 Å². The lowest BCUT2D eigenvalue weighted by Gasteiger charge is -1.99. The van der Waals surface area contributed by atoms with Crippen LogP contribution in [0.25, 0.3) is 5.65 Å².